The highest BCUT2D eigenvalue weighted by Crippen LogP contribution is 2.26. The van der Waals surface area contributed by atoms with Crippen LogP contribution in [0.5, 0.6) is 0 Å². The molecule has 0 aromatic heterocycles. The van der Waals surface area contributed by atoms with Crippen LogP contribution in [0.4, 0.5) is 22.0 Å². The molecule has 0 aliphatic rings. The van der Waals surface area contributed by atoms with E-state index in [-0.39, 0.29) is 23.0 Å². The molecular weight excluding hydrogens is 457 g/mol. The lowest BCUT2D eigenvalue weighted by Gasteiger charge is -2.19. The number of halogens is 6. The minimum Gasteiger partial charge on any atom is -0.457 e. The summed E-state index contributed by atoms with van der Waals surface area (Å²) in [4.78, 5) is 12.0. The average molecular weight is 472 g/mol. The van der Waals surface area contributed by atoms with Gasteiger partial charge in [-0.2, -0.15) is 4.31 Å². The molecule has 2 aromatic rings. The minimum absolute atomic E-state index is 0.154. The molecule has 0 spiro atoms. The Morgan fingerprint density at radius 3 is 1.97 bits per heavy atom. The van der Waals surface area contributed by atoms with E-state index in [4.69, 9.17) is 11.6 Å². The van der Waals surface area contributed by atoms with Gasteiger partial charge in [0, 0.05) is 13.1 Å². The van der Waals surface area contributed by atoms with Gasteiger partial charge in [0.25, 0.3) is 0 Å². The van der Waals surface area contributed by atoms with Crippen molar-refractivity contribution in [2.24, 2.45) is 0 Å². The first-order valence-electron chi connectivity index (χ1n) is 8.44. The van der Waals surface area contributed by atoms with Gasteiger partial charge in [-0.05, 0) is 18.2 Å². The average Bonchev–Trinajstić information content (AvgIpc) is 2.71. The number of benzene rings is 2. The van der Waals surface area contributed by atoms with Crippen molar-refractivity contribution in [1.29, 1.82) is 0 Å². The number of esters is 1. The van der Waals surface area contributed by atoms with E-state index in [9.17, 15) is 35.2 Å². The highest BCUT2D eigenvalue weighted by molar-refractivity contribution is 7.89. The number of ether oxygens (including phenoxy) is 1. The fourth-order valence-corrected chi connectivity index (χ4v) is 4.21. The van der Waals surface area contributed by atoms with Crippen molar-refractivity contribution in [2.45, 2.75) is 25.3 Å². The van der Waals surface area contributed by atoms with Crippen molar-refractivity contribution in [2.75, 3.05) is 13.1 Å². The van der Waals surface area contributed by atoms with E-state index in [0.29, 0.717) is 0 Å². The second kappa shape index (κ2) is 9.27. The third-order valence-corrected chi connectivity index (χ3v) is 6.52. The second-order valence-corrected chi connectivity index (χ2v) is 8.20. The third kappa shape index (κ3) is 4.42. The molecule has 0 saturated heterocycles. The molecule has 12 heteroatoms. The topological polar surface area (TPSA) is 63.7 Å². The van der Waals surface area contributed by atoms with Crippen LogP contribution < -0.4 is 0 Å². The predicted molar refractivity (Wildman–Crippen MR) is 96.9 cm³/mol. The highest BCUT2D eigenvalue weighted by Gasteiger charge is 2.28. The van der Waals surface area contributed by atoms with Gasteiger partial charge in [0.1, 0.15) is 6.61 Å². The molecule has 5 nitrogen and oxygen atoms in total. The van der Waals surface area contributed by atoms with Crippen LogP contribution >= 0.6 is 11.6 Å². The number of carbonyl (C=O) groups excluding carboxylic acids is 1. The molecular formula is C18H15ClF5NO4S. The third-order valence-electron chi connectivity index (χ3n) is 4.15. The summed E-state index contributed by atoms with van der Waals surface area (Å²) in [7, 11) is -3.96. The Kier molecular flexibility index (Phi) is 7.43. The number of sulfonamides is 1. The first-order chi connectivity index (χ1) is 14.0. The van der Waals surface area contributed by atoms with Crippen molar-refractivity contribution < 1.29 is 39.9 Å². The Hall–Kier alpha value is -2.24. The number of carbonyl (C=O) groups is 1. The molecule has 0 aliphatic carbocycles. The van der Waals surface area contributed by atoms with Crippen molar-refractivity contribution >= 4 is 27.6 Å². The largest absolute Gasteiger partial charge is 0.457 e. The van der Waals surface area contributed by atoms with E-state index in [2.05, 4.69) is 4.74 Å². The van der Waals surface area contributed by atoms with E-state index in [1.807, 2.05) is 0 Å². The number of rotatable bonds is 7. The molecule has 30 heavy (non-hydrogen) atoms. The quantitative estimate of drug-likeness (QED) is 0.259. The highest BCUT2D eigenvalue weighted by atomic mass is 35.5. The van der Waals surface area contributed by atoms with Gasteiger partial charge in [0.15, 0.2) is 23.3 Å². The Morgan fingerprint density at radius 2 is 1.47 bits per heavy atom. The zero-order chi connectivity index (χ0) is 22.8. The molecule has 0 bridgehead atoms. The Balaban J connectivity index is 2.36. The number of nitrogens with zero attached hydrogens (tertiary/aromatic N) is 1. The summed E-state index contributed by atoms with van der Waals surface area (Å²) in [6.45, 7) is 2.23. The van der Waals surface area contributed by atoms with Gasteiger partial charge in [-0.3, -0.25) is 0 Å². The Morgan fingerprint density at radius 1 is 0.967 bits per heavy atom. The maximum absolute atomic E-state index is 13.7. The van der Waals surface area contributed by atoms with Crippen LogP contribution in [0.25, 0.3) is 0 Å². The molecule has 0 unspecified atom stereocenters. The molecule has 2 aromatic carbocycles. The van der Waals surface area contributed by atoms with Gasteiger partial charge in [-0.1, -0.05) is 25.4 Å². The first-order valence-corrected chi connectivity index (χ1v) is 10.3. The molecule has 0 saturated carbocycles. The lowest BCUT2D eigenvalue weighted by atomic mass is 10.1. The van der Waals surface area contributed by atoms with E-state index in [0.717, 1.165) is 22.5 Å². The van der Waals surface area contributed by atoms with Gasteiger partial charge >= 0.3 is 5.97 Å². The van der Waals surface area contributed by atoms with Crippen LogP contribution in [-0.2, 0) is 21.4 Å². The lowest BCUT2D eigenvalue weighted by molar-refractivity contribution is 0.0462. The lowest BCUT2D eigenvalue weighted by Crippen LogP contribution is -2.30. The van der Waals surface area contributed by atoms with Crippen molar-refractivity contribution in [1.82, 2.24) is 4.31 Å². The smallest absolute Gasteiger partial charge is 0.340 e. The summed E-state index contributed by atoms with van der Waals surface area (Å²) < 4.78 is 97.8. The Labute approximate surface area is 174 Å². The molecule has 0 heterocycles. The zero-order valence-electron chi connectivity index (χ0n) is 15.6. The van der Waals surface area contributed by atoms with Gasteiger partial charge in [-0.25, -0.2) is 35.2 Å². The summed E-state index contributed by atoms with van der Waals surface area (Å²) in [5, 5.41) is -0.240. The van der Waals surface area contributed by atoms with Crippen LogP contribution in [-0.4, -0.2) is 31.8 Å². The maximum Gasteiger partial charge on any atom is 0.340 e. The number of hydrogen-bond donors (Lipinski definition) is 0. The summed E-state index contributed by atoms with van der Waals surface area (Å²) >= 11 is 5.88. The Bertz CT molecular complexity index is 1060. The van der Waals surface area contributed by atoms with E-state index < -0.39 is 62.8 Å². The monoisotopic (exact) mass is 471 g/mol. The van der Waals surface area contributed by atoms with E-state index in [1.165, 1.54) is 0 Å². The summed E-state index contributed by atoms with van der Waals surface area (Å²) in [5.74, 6) is -12.3. The molecule has 0 fully saturated rings. The first kappa shape index (κ1) is 24.0. The fraction of sp³-hybridized carbons (Fsp3) is 0.278. The fourth-order valence-electron chi connectivity index (χ4n) is 2.53. The van der Waals surface area contributed by atoms with Crippen molar-refractivity contribution in [3.63, 3.8) is 0 Å². The van der Waals surface area contributed by atoms with Gasteiger partial charge in [-0.15, -0.1) is 0 Å². The van der Waals surface area contributed by atoms with Crippen molar-refractivity contribution in [3.05, 3.63) is 63.4 Å². The number of hydrogen-bond acceptors (Lipinski definition) is 4. The summed E-state index contributed by atoms with van der Waals surface area (Å²) in [6.07, 6.45) is 0. The minimum atomic E-state index is -3.96. The molecule has 0 amide bonds. The normalized spacial score (nSPS) is 11.8. The SMILES string of the molecule is CCN(CC)S(=O)(=O)c1ccc(Cl)c(C(=O)OCc2c(F)c(F)c(F)c(F)c2F)c1. The van der Waals surface area contributed by atoms with Crippen LogP contribution in [0.1, 0.15) is 29.8 Å². The molecule has 164 valence electrons. The summed E-state index contributed by atoms with van der Waals surface area (Å²) in [5.41, 5.74) is -1.82. The standard InChI is InChI=1S/C18H15ClF5NO4S/c1-3-25(4-2)30(27,28)9-5-6-12(19)10(7-9)18(26)29-8-11-13(20)15(22)17(24)16(23)14(11)21/h5-7H,3-4,8H2,1-2H3. The van der Waals surface area contributed by atoms with Crippen LogP contribution in [0, 0.1) is 29.1 Å². The predicted octanol–water partition coefficient (Wildman–Crippen LogP) is 4.42. The second-order valence-electron chi connectivity index (χ2n) is 5.86. The molecule has 0 aliphatic heterocycles. The summed E-state index contributed by atoms with van der Waals surface area (Å²) in [6, 6.07) is 3.15. The molecule has 0 radical (unpaired) electrons. The van der Waals surface area contributed by atoms with Gasteiger partial charge in [0.05, 0.1) is 21.0 Å². The van der Waals surface area contributed by atoms with Crippen LogP contribution in [0.2, 0.25) is 5.02 Å². The van der Waals surface area contributed by atoms with Gasteiger partial charge < -0.3 is 4.74 Å². The molecule has 0 atom stereocenters. The van der Waals surface area contributed by atoms with Gasteiger partial charge in [0.2, 0.25) is 15.8 Å². The van der Waals surface area contributed by atoms with Crippen LogP contribution in [0.15, 0.2) is 23.1 Å². The zero-order valence-corrected chi connectivity index (χ0v) is 17.2. The maximum atomic E-state index is 13.7. The molecule has 2 rings (SSSR count). The van der Waals surface area contributed by atoms with Crippen molar-refractivity contribution in [3.8, 4) is 0 Å². The van der Waals surface area contributed by atoms with Crippen LogP contribution in [0.3, 0.4) is 0 Å². The molecule has 0 N–H and O–H groups in total. The van der Waals surface area contributed by atoms with E-state index >= 15 is 0 Å². The van der Waals surface area contributed by atoms with E-state index in [1.54, 1.807) is 13.8 Å².